The van der Waals surface area contributed by atoms with Gasteiger partial charge in [0.25, 0.3) is 0 Å². The second kappa shape index (κ2) is 6.86. The van der Waals surface area contributed by atoms with Crippen molar-refractivity contribution >= 4 is 22.8 Å². The fourth-order valence-corrected chi connectivity index (χ4v) is 3.16. The van der Waals surface area contributed by atoms with Crippen LogP contribution in [0.1, 0.15) is 0 Å². The topological polar surface area (TPSA) is 116 Å². The number of rotatable bonds is 3. The van der Waals surface area contributed by atoms with Crippen molar-refractivity contribution in [3.05, 3.63) is 43.1 Å². The average Bonchev–Trinajstić information content (AvgIpc) is 3.29. The molecular weight excluding hydrogens is 358 g/mol. The minimum Gasteiger partial charge on any atom is -0.464 e. The summed E-state index contributed by atoms with van der Waals surface area (Å²) in [5.74, 6) is 2.23. The van der Waals surface area contributed by atoms with E-state index in [2.05, 4.69) is 19.9 Å². The number of hydrogen-bond donors (Lipinski definition) is 1. The van der Waals surface area contributed by atoms with E-state index in [4.69, 9.17) is 24.9 Å². The Morgan fingerprint density at radius 2 is 1.75 bits per heavy atom. The van der Waals surface area contributed by atoms with Crippen LogP contribution < -0.4 is 10.6 Å². The monoisotopic (exact) mass is 375 g/mol. The van der Waals surface area contributed by atoms with E-state index in [9.17, 15) is 0 Å². The molecule has 28 heavy (non-hydrogen) atoms. The van der Waals surface area contributed by atoms with Gasteiger partial charge < -0.3 is 19.8 Å². The van der Waals surface area contributed by atoms with Gasteiger partial charge in [-0.25, -0.2) is 24.9 Å². The van der Waals surface area contributed by atoms with Gasteiger partial charge in [-0.3, -0.25) is 0 Å². The van der Waals surface area contributed by atoms with Crippen molar-refractivity contribution < 1.29 is 9.15 Å². The van der Waals surface area contributed by atoms with Crippen molar-refractivity contribution in [1.82, 2.24) is 24.9 Å². The second-order valence-corrected chi connectivity index (χ2v) is 6.37. The van der Waals surface area contributed by atoms with E-state index < -0.39 is 0 Å². The van der Waals surface area contributed by atoms with Crippen molar-refractivity contribution in [3.63, 3.8) is 0 Å². The smallest absolute Gasteiger partial charge is 0.219 e. The van der Waals surface area contributed by atoms with Crippen molar-refractivity contribution in [1.29, 1.82) is 0 Å². The number of ether oxygens (including phenoxy) is 1. The molecule has 2 N–H and O–H groups in total. The first-order chi connectivity index (χ1) is 13.8. The molecule has 9 nitrogen and oxygen atoms in total. The van der Waals surface area contributed by atoms with E-state index in [0.29, 0.717) is 24.6 Å². The average molecular weight is 375 g/mol. The summed E-state index contributed by atoms with van der Waals surface area (Å²) < 4.78 is 11.0. The van der Waals surface area contributed by atoms with Crippen LogP contribution in [-0.4, -0.2) is 51.2 Å². The third kappa shape index (κ3) is 3.01. The van der Waals surface area contributed by atoms with Crippen LogP contribution in [0.25, 0.3) is 33.7 Å². The molecule has 0 unspecified atom stereocenters. The van der Waals surface area contributed by atoms with Crippen LogP contribution in [0.5, 0.6) is 0 Å². The molecular formula is C19H17N7O2. The number of aromatic nitrogens is 5. The van der Waals surface area contributed by atoms with Crippen LogP contribution in [0.15, 0.2) is 47.5 Å². The Kier molecular flexibility index (Phi) is 4.06. The molecule has 1 fully saturated rings. The largest absolute Gasteiger partial charge is 0.464 e. The summed E-state index contributed by atoms with van der Waals surface area (Å²) in [5, 5.41) is 0. The van der Waals surface area contributed by atoms with Crippen LogP contribution in [0.3, 0.4) is 0 Å². The summed E-state index contributed by atoms with van der Waals surface area (Å²) in [7, 11) is 0. The summed E-state index contributed by atoms with van der Waals surface area (Å²) in [6.45, 7) is 2.78. The maximum absolute atomic E-state index is 5.61. The Bertz CT molecular complexity index is 1110. The van der Waals surface area contributed by atoms with Gasteiger partial charge in [0, 0.05) is 37.2 Å². The van der Waals surface area contributed by atoms with Gasteiger partial charge >= 0.3 is 0 Å². The van der Waals surface area contributed by atoms with Gasteiger partial charge in [0.05, 0.1) is 30.6 Å². The lowest BCUT2D eigenvalue weighted by atomic mass is 10.2. The van der Waals surface area contributed by atoms with E-state index in [1.807, 2.05) is 18.2 Å². The molecule has 0 radical (unpaired) electrons. The first-order valence-electron chi connectivity index (χ1n) is 8.90. The Hall–Kier alpha value is -3.59. The van der Waals surface area contributed by atoms with E-state index in [1.54, 1.807) is 24.9 Å². The third-order valence-corrected chi connectivity index (χ3v) is 4.56. The lowest BCUT2D eigenvalue weighted by Gasteiger charge is -2.28. The Labute approximate surface area is 160 Å². The van der Waals surface area contributed by atoms with Crippen molar-refractivity contribution in [3.8, 4) is 22.7 Å². The zero-order chi connectivity index (χ0) is 18.9. The standard InChI is InChI=1S/C19H17N7O2/c20-19-22-10-13(11-23-19)17-24-14-8-12(15-2-1-5-28-15)9-21-16(14)18(25-17)26-3-6-27-7-4-26/h1-2,5,8-11H,3-4,6-7H2,(H2,20,22,23). The number of pyridine rings is 1. The predicted molar refractivity (Wildman–Crippen MR) is 104 cm³/mol. The van der Waals surface area contributed by atoms with E-state index in [1.165, 1.54) is 0 Å². The second-order valence-electron chi connectivity index (χ2n) is 6.37. The van der Waals surface area contributed by atoms with Crippen molar-refractivity contribution in [2.75, 3.05) is 36.9 Å². The van der Waals surface area contributed by atoms with Gasteiger partial charge in [0.1, 0.15) is 11.3 Å². The number of hydrogen-bond acceptors (Lipinski definition) is 9. The predicted octanol–water partition coefficient (Wildman–Crippen LogP) is 2.16. The highest BCUT2D eigenvalue weighted by Gasteiger charge is 2.20. The maximum atomic E-state index is 5.61. The van der Waals surface area contributed by atoms with Crippen molar-refractivity contribution in [2.24, 2.45) is 0 Å². The molecule has 1 aliphatic heterocycles. The first kappa shape index (κ1) is 16.6. The normalized spacial score (nSPS) is 14.5. The highest BCUT2D eigenvalue weighted by Crippen LogP contribution is 2.29. The zero-order valence-electron chi connectivity index (χ0n) is 14.9. The molecule has 0 aromatic carbocycles. The summed E-state index contributed by atoms with van der Waals surface area (Å²) in [6, 6.07) is 5.69. The Morgan fingerprint density at radius 3 is 2.50 bits per heavy atom. The Balaban J connectivity index is 1.69. The van der Waals surface area contributed by atoms with E-state index in [0.717, 1.165) is 41.3 Å². The van der Waals surface area contributed by atoms with E-state index >= 15 is 0 Å². The highest BCUT2D eigenvalue weighted by atomic mass is 16.5. The molecule has 0 saturated carbocycles. The minimum atomic E-state index is 0.208. The highest BCUT2D eigenvalue weighted by molar-refractivity contribution is 5.89. The molecule has 4 aromatic heterocycles. The van der Waals surface area contributed by atoms with Gasteiger partial charge in [0.2, 0.25) is 5.95 Å². The number of furan rings is 1. The fraction of sp³-hybridized carbons (Fsp3) is 0.211. The van der Waals surface area contributed by atoms with Crippen molar-refractivity contribution in [2.45, 2.75) is 0 Å². The SMILES string of the molecule is Nc1ncc(-c2nc(N3CCOCC3)c3ncc(-c4ccco4)cc3n2)cn1. The number of morpholine rings is 1. The molecule has 0 aliphatic carbocycles. The van der Waals surface area contributed by atoms with Gasteiger partial charge in [-0.15, -0.1) is 0 Å². The molecule has 1 saturated heterocycles. The molecule has 140 valence electrons. The fourth-order valence-electron chi connectivity index (χ4n) is 3.16. The van der Waals surface area contributed by atoms with Gasteiger partial charge in [-0.1, -0.05) is 0 Å². The van der Waals surface area contributed by atoms with Crippen LogP contribution in [0.2, 0.25) is 0 Å². The summed E-state index contributed by atoms with van der Waals surface area (Å²) in [4.78, 5) is 24.4. The van der Waals surface area contributed by atoms with Gasteiger partial charge in [0.15, 0.2) is 11.6 Å². The van der Waals surface area contributed by atoms with Crippen LogP contribution in [-0.2, 0) is 4.74 Å². The quantitative estimate of drug-likeness (QED) is 0.575. The zero-order valence-corrected chi connectivity index (χ0v) is 14.9. The number of fused-ring (bicyclic) bond motifs is 1. The first-order valence-corrected chi connectivity index (χ1v) is 8.90. The van der Waals surface area contributed by atoms with E-state index in [-0.39, 0.29) is 5.95 Å². The molecule has 9 heteroatoms. The summed E-state index contributed by atoms with van der Waals surface area (Å²) in [6.07, 6.45) is 6.66. The summed E-state index contributed by atoms with van der Waals surface area (Å²) >= 11 is 0. The molecule has 4 aromatic rings. The van der Waals surface area contributed by atoms with Crippen LogP contribution in [0, 0.1) is 0 Å². The van der Waals surface area contributed by atoms with Crippen LogP contribution in [0.4, 0.5) is 11.8 Å². The lowest BCUT2D eigenvalue weighted by Crippen LogP contribution is -2.37. The minimum absolute atomic E-state index is 0.208. The molecule has 0 spiro atoms. The van der Waals surface area contributed by atoms with Gasteiger partial charge in [-0.2, -0.15) is 0 Å². The number of nitrogens with two attached hydrogens (primary N) is 1. The molecule has 5 rings (SSSR count). The maximum Gasteiger partial charge on any atom is 0.219 e. The molecule has 5 heterocycles. The number of nitrogens with zero attached hydrogens (tertiary/aromatic N) is 6. The number of nitrogen functional groups attached to an aromatic ring is 1. The summed E-state index contributed by atoms with van der Waals surface area (Å²) in [5.41, 5.74) is 8.60. The number of anilines is 2. The van der Waals surface area contributed by atoms with Crippen LogP contribution >= 0.6 is 0 Å². The Morgan fingerprint density at radius 1 is 0.964 bits per heavy atom. The molecule has 0 bridgehead atoms. The third-order valence-electron chi connectivity index (χ3n) is 4.56. The molecule has 0 amide bonds. The van der Waals surface area contributed by atoms with Gasteiger partial charge in [-0.05, 0) is 18.2 Å². The molecule has 0 atom stereocenters. The lowest BCUT2D eigenvalue weighted by molar-refractivity contribution is 0.122. The molecule has 1 aliphatic rings.